The van der Waals surface area contributed by atoms with E-state index in [1.807, 2.05) is 0 Å². The first kappa shape index (κ1) is 13.2. The van der Waals surface area contributed by atoms with Crippen LogP contribution < -0.4 is 5.56 Å². The summed E-state index contributed by atoms with van der Waals surface area (Å²) in [5, 5.41) is 0. The summed E-state index contributed by atoms with van der Waals surface area (Å²) in [6, 6.07) is 0. The first-order valence-corrected chi connectivity index (χ1v) is 6.06. The molecule has 0 saturated heterocycles. The second-order valence-electron chi connectivity index (χ2n) is 4.10. The Bertz CT molecular complexity index is 444. The Kier molecular flexibility index (Phi) is 4.86. The van der Waals surface area contributed by atoms with Gasteiger partial charge in [-0.3, -0.25) is 4.79 Å². The predicted molar refractivity (Wildman–Crippen MR) is 64.6 cm³/mol. The summed E-state index contributed by atoms with van der Waals surface area (Å²) in [6.45, 7) is 2.65. The molecular formula is C12H18N2O4. The van der Waals surface area contributed by atoms with Gasteiger partial charge in [-0.2, -0.15) is 0 Å². The fourth-order valence-electron chi connectivity index (χ4n) is 1.83. The van der Waals surface area contributed by atoms with Gasteiger partial charge in [0.2, 0.25) is 0 Å². The van der Waals surface area contributed by atoms with Gasteiger partial charge in [-0.25, -0.2) is 4.98 Å². The van der Waals surface area contributed by atoms with E-state index in [-0.39, 0.29) is 5.56 Å². The number of hydrogen-bond donors (Lipinski definition) is 1. The summed E-state index contributed by atoms with van der Waals surface area (Å²) < 4.78 is 15.5. The Labute approximate surface area is 105 Å². The number of aromatic amines is 1. The monoisotopic (exact) mass is 254 g/mol. The highest BCUT2D eigenvalue weighted by Gasteiger charge is 2.15. The molecule has 1 aliphatic heterocycles. The average Bonchev–Trinajstić information content (AvgIpc) is 2.39. The Hall–Kier alpha value is -1.24. The van der Waals surface area contributed by atoms with Crippen LogP contribution in [-0.2, 0) is 33.7 Å². The van der Waals surface area contributed by atoms with Gasteiger partial charge in [0.1, 0.15) is 5.82 Å². The highest BCUT2D eigenvalue weighted by molar-refractivity contribution is 5.19. The maximum absolute atomic E-state index is 11.8. The summed E-state index contributed by atoms with van der Waals surface area (Å²) in [5.74, 6) is 0.679. The Morgan fingerprint density at radius 3 is 3.11 bits per heavy atom. The molecule has 0 unspecified atom stereocenters. The lowest BCUT2D eigenvalue weighted by Crippen LogP contribution is -2.25. The molecule has 0 radical (unpaired) electrons. The van der Waals surface area contributed by atoms with Crippen molar-refractivity contribution in [3.05, 3.63) is 27.4 Å². The summed E-state index contributed by atoms with van der Waals surface area (Å²) in [7, 11) is 1.63. The molecule has 0 saturated carbocycles. The third kappa shape index (κ3) is 3.38. The summed E-state index contributed by atoms with van der Waals surface area (Å²) in [4.78, 5) is 19.0. The molecule has 1 aromatic rings. The number of ether oxygens (including phenoxy) is 3. The third-order valence-corrected chi connectivity index (χ3v) is 2.79. The normalized spacial score (nSPS) is 14.5. The third-order valence-electron chi connectivity index (χ3n) is 2.79. The molecule has 1 N–H and O–H groups in total. The van der Waals surface area contributed by atoms with E-state index in [0.29, 0.717) is 57.3 Å². The lowest BCUT2D eigenvalue weighted by Gasteiger charge is -2.15. The molecule has 0 fully saturated rings. The van der Waals surface area contributed by atoms with Gasteiger partial charge in [0.15, 0.2) is 0 Å². The molecule has 1 aliphatic rings. The van der Waals surface area contributed by atoms with E-state index >= 15 is 0 Å². The summed E-state index contributed by atoms with van der Waals surface area (Å²) in [6.07, 6.45) is 1.31. The van der Waals surface area contributed by atoms with E-state index in [2.05, 4.69) is 9.97 Å². The van der Waals surface area contributed by atoms with E-state index in [4.69, 9.17) is 14.2 Å². The Morgan fingerprint density at radius 2 is 2.28 bits per heavy atom. The van der Waals surface area contributed by atoms with Crippen molar-refractivity contribution in [1.29, 1.82) is 0 Å². The first-order valence-electron chi connectivity index (χ1n) is 6.06. The van der Waals surface area contributed by atoms with Gasteiger partial charge in [0, 0.05) is 20.0 Å². The zero-order valence-electron chi connectivity index (χ0n) is 10.5. The maximum Gasteiger partial charge on any atom is 0.256 e. The molecule has 0 amide bonds. The molecular weight excluding hydrogens is 236 g/mol. The van der Waals surface area contributed by atoms with Gasteiger partial charge in [-0.05, 0) is 0 Å². The SMILES string of the molecule is COCCOCCc1nc2c(c(=O)[nH]1)COCC2. The van der Waals surface area contributed by atoms with Crippen molar-refractivity contribution in [3.8, 4) is 0 Å². The van der Waals surface area contributed by atoms with Crippen molar-refractivity contribution in [3.63, 3.8) is 0 Å². The van der Waals surface area contributed by atoms with Crippen LogP contribution in [-0.4, -0.2) is 43.5 Å². The first-order chi connectivity index (χ1) is 8.81. The van der Waals surface area contributed by atoms with Gasteiger partial charge in [0.05, 0.1) is 44.3 Å². The number of hydrogen-bond acceptors (Lipinski definition) is 5. The van der Waals surface area contributed by atoms with Crippen molar-refractivity contribution in [2.24, 2.45) is 0 Å². The zero-order valence-corrected chi connectivity index (χ0v) is 10.5. The molecule has 0 aromatic carbocycles. The van der Waals surface area contributed by atoms with E-state index in [9.17, 15) is 4.79 Å². The predicted octanol–water partition coefficient (Wildman–Crippen LogP) is 0.0481. The molecule has 0 atom stereocenters. The second-order valence-corrected chi connectivity index (χ2v) is 4.10. The number of H-pyrrole nitrogens is 1. The van der Waals surface area contributed by atoms with E-state index in [1.165, 1.54) is 0 Å². The molecule has 6 heteroatoms. The smallest absolute Gasteiger partial charge is 0.256 e. The molecule has 2 rings (SSSR count). The van der Waals surface area contributed by atoms with Crippen LogP contribution in [0.25, 0.3) is 0 Å². The van der Waals surface area contributed by atoms with Gasteiger partial charge in [-0.15, -0.1) is 0 Å². The van der Waals surface area contributed by atoms with Crippen LogP contribution in [0, 0.1) is 0 Å². The molecule has 0 bridgehead atoms. The number of fused-ring (bicyclic) bond motifs is 1. The zero-order chi connectivity index (χ0) is 12.8. The highest BCUT2D eigenvalue weighted by Crippen LogP contribution is 2.10. The Balaban J connectivity index is 1.93. The minimum Gasteiger partial charge on any atom is -0.382 e. The summed E-state index contributed by atoms with van der Waals surface area (Å²) in [5.41, 5.74) is 1.42. The van der Waals surface area contributed by atoms with Gasteiger partial charge < -0.3 is 19.2 Å². The topological polar surface area (TPSA) is 73.4 Å². The number of nitrogens with one attached hydrogen (secondary N) is 1. The number of rotatable bonds is 6. The van der Waals surface area contributed by atoms with Crippen LogP contribution in [0.1, 0.15) is 17.1 Å². The average molecular weight is 254 g/mol. The minimum absolute atomic E-state index is 0.0911. The van der Waals surface area contributed by atoms with Crippen LogP contribution in [0.15, 0.2) is 4.79 Å². The van der Waals surface area contributed by atoms with Crippen LogP contribution in [0.3, 0.4) is 0 Å². The molecule has 100 valence electrons. The molecule has 6 nitrogen and oxygen atoms in total. The quantitative estimate of drug-likeness (QED) is 0.726. The number of methoxy groups -OCH3 is 1. The van der Waals surface area contributed by atoms with Crippen molar-refractivity contribution in [1.82, 2.24) is 9.97 Å². The van der Waals surface area contributed by atoms with Gasteiger partial charge >= 0.3 is 0 Å². The highest BCUT2D eigenvalue weighted by atomic mass is 16.5. The second kappa shape index (κ2) is 6.63. The number of nitrogens with zero attached hydrogens (tertiary/aromatic N) is 1. The van der Waals surface area contributed by atoms with E-state index < -0.39 is 0 Å². The standard InChI is InChI=1S/C12H18N2O4/c1-16-6-7-17-5-3-11-13-10-2-4-18-8-9(10)12(15)14-11/h2-8H2,1H3,(H,13,14,15). The van der Waals surface area contributed by atoms with E-state index in [1.54, 1.807) is 7.11 Å². The lowest BCUT2D eigenvalue weighted by molar-refractivity contribution is 0.0714. The minimum atomic E-state index is -0.0911. The van der Waals surface area contributed by atoms with E-state index in [0.717, 1.165) is 5.69 Å². The maximum atomic E-state index is 11.8. The van der Waals surface area contributed by atoms with Crippen LogP contribution in [0.2, 0.25) is 0 Å². The summed E-state index contributed by atoms with van der Waals surface area (Å²) >= 11 is 0. The fraction of sp³-hybridized carbons (Fsp3) is 0.667. The molecule has 1 aromatic heterocycles. The molecule has 0 aliphatic carbocycles. The molecule has 2 heterocycles. The van der Waals surface area contributed by atoms with Crippen molar-refractivity contribution >= 4 is 0 Å². The number of aromatic nitrogens is 2. The molecule has 18 heavy (non-hydrogen) atoms. The fourth-order valence-corrected chi connectivity index (χ4v) is 1.83. The lowest BCUT2D eigenvalue weighted by atomic mass is 10.1. The van der Waals surface area contributed by atoms with Crippen molar-refractivity contribution in [2.75, 3.05) is 33.5 Å². The van der Waals surface area contributed by atoms with Crippen LogP contribution >= 0.6 is 0 Å². The largest absolute Gasteiger partial charge is 0.382 e. The van der Waals surface area contributed by atoms with Crippen molar-refractivity contribution in [2.45, 2.75) is 19.4 Å². The molecule has 0 spiro atoms. The van der Waals surface area contributed by atoms with Crippen LogP contribution in [0.4, 0.5) is 0 Å². The Morgan fingerprint density at radius 1 is 1.39 bits per heavy atom. The van der Waals surface area contributed by atoms with Gasteiger partial charge in [0.25, 0.3) is 5.56 Å². The van der Waals surface area contributed by atoms with Gasteiger partial charge in [-0.1, -0.05) is 0 Å². The van der Waals surface area contributed by atoms with Crippen molar-refractivity contribution < 1.29 is 14.2 Å². The van der Waals surface area contributed by atoms with Crippen LogP contribution in [0.5, 0.6) is 0 Å².